The first kappa shape index (κ1) is 33.6. The van der Waals surface area contributed by atoms with Crippen LogP contribution in [0.15, 0.2) is 0 Å². The molecule has 1 aromatic carbocycles. The van der Waals surface area contributed by atoms with Crippen LogP contribution in [0.5, 0.6) is 5.75 Å². The first-order valence-electron chi connectivity index (χ1n) is 16.2. The fraction of sp³-hybridized carbons (Fsp3) is 0.735. The second-order valence-electron chi connectivity index (χ2n) is 14.4. The van der Waals surface area contributed by atoms with E-state index in [1.54, 1.807) is 0 Å². The Morgan fingerprint density at radius 1 is 0.800 bits per heavy atom. The summed E-state index contributed by atoms with van der Waals surface area (Å²) >= 11 is 0. The van der Waals surface area contributed by atoms with Crippen LogP contribution >= 0.6 is 0 Å². The van der Waals surface area contributed by atoms with Crippen LogP contribution in [-0.4, -0.2) is 30.1 Å². The van der Waals surface area contributed by atoms with Crippen molar-refractivity contribution in [2.24, 2.45) is 46.3 Å². The van der Waals surface area contributed by atoms with Gasteiger partial charge in [-0.1, -0.05) is 20.8 Å². The van der Waals surface area contributed by atoms with E-state index in [0.29, 0.717) is 17.8 Å². The number of halogens is 5. The third-order valence-electron chi connectivity index (χ3n) is 12.3. The first-order chi connectivity index (χ1) is 21.1. The van der Waals surface area contributed by atoms with Crippen molar-refractivity contribution >= 4 is 17.9 Å². The normalized spacial score (nSPS) is 36.3. The Hall–Kier alpha value is -2.72. The van der Waals surface area contributed by atoms with Crippen LogP contribution in [0.3, 0.4) is 0 Å². The minimum Gasteiger partial charge on any atom is -0.463 e. The molecule has 4 fully saturated rings. The average molecular weight is 643 g/mol. The van der Waals surface area contributed by atoms with E-state index in [1.807, 2.05) is 6.92 Å². The third-order valence-corrected chi connectivity index (χ3v) is 12.3. The van der Waals surface area contributed by atoms with Crippen molar-refractivity contribution in [2.75, 3.05) is 0 Å². The molecule has 11 heteroatoms. The minimum absolute atomic E-state index is 0.0383. The lowest BCUT2D eigenvalue weighted by Crippen LogP contribution is -2.59. The van der Waals surface area contributed by atoms with Gasteiger partial charge < -0.3 is 14.2 Å². The summed E-state index contributed by atoms with van der Waals surface area (Å²) in [6.07, 6.45) is 6.80. The predicted octanol–water partition coefficient (Wildman–Crippen LogP) is 7.84. The molecule has 250 valence electrons. The van der Waals surface area contributed by atoms with Crippen LogP contribution in [0.1, 0.15) is 98.8 Å². The summed E-state index contributed by atoms with van der Waals surface area (Å²) in [5, 5.41) is 0. The van der Waals surface area contributed by atoms with Gasteiger partial charge in [0.15, 0.2) is 0 Å². The van der Waals surface area contributed by atoms with Crippen LogP contribution in [0.2, 0.25) is 0 Å². The maximum Gasteiger partial charge on any atom is 0.311 e. The van der Waals surface area contributed by atoms with Crippen molar-refractivity contribution in [3.63, 3.8) is 0 Å². The van der Waals surface area contributed by atoms with E-state index >= 15 is 0 Å². The molecular formula is C34H43F5O6. The summed E-state index contributed by atoms with van der Waals surface area (Å²) in [4.78, 5) is 36.6. The lowest BCUT2D eigenvalue weighted by Gasteiger charge is -2.62. The average Bonchev–Trinajstić information content (AvgIpc) is 3.34. The molecule has 0 radical (unpaired) electrons. The lowest BCUT2D eigenvalue weighted by molar-refractivity contribution is -0.197. The molecule has 1 aromatic rings. The highest BCUT2D eigenvalue weighted by atomic mass is 19.2. The number of rotatable bonds is 7. The van der Waals surface area contributed by atoms with E-state index < -0.39 is 40.8 Å². The second-order valence-corrected chi connectivity index (χ2v) is 14.4. The molecule has 0 heterocycles. The zero-order chi connectivity index (χ0) is 33.0. The molecule has 4 aliphatic rings. The van der Waals surface area contributed by atoms with Crippen molar-refractivity contribution in [3.8, 4) is 5.75 Å². The summed E-state index contributed by atoms with van der Waals surface area (Å²) in [7, 11) is 0. The maximum atomic E-state index is 14.1. The van der Waals surface area contributed by atoms with Crippen LogP contribution in [0, 0.1) is 75.4 Å². The Kier molecular flexibility index (Phi) is 9.32. The monoisotopic (exact) mass is 642 g/mol. The smallest absolute Gasteiger partial charge is 0.311 e. The molecule has 0 bridgehead atoms. The number of ether oxygens (including phenoxy) is 3. The van der Waals surface area contributed by atoms with Gasteiger partial charge in [-0.25, -0.2) is 13.2 Å². The van der Waals surface area contributed by atoms with Crippen LogP contribution in [0.25, 0.3) is 0 Å². The SMILES string of the molecule is CC(=O)O[C@@H]1CC[C@@]2(C)[C@H](CC[C@@H]3[C@@H]2C[C@H](OC(C)=O)[C@]2(C)[C@@H]([C@H](C)CCC(=O)Oc4c(F)c(F)c(F)c(F)c4F)CC[C@@H]32)C1. The minimum atomic E-state index is -2.32. The Balaban J connectivity index is 1.31. The predicted molar refractivity (Wildman–Crippen MR) is 152 cm³/mol. The molecule has 4 saturated carbocycles. The highest BCUT2D eigenvalue weighted by molar-refractivity contribution is 5.72. The number of hydrogen-bond donors (Lipinski definition) is 0. The number of hydrogen-bond acceptors (Lipinski definition) is 6. The number of carbonyl (C=O) groups excluding carboxylic acids is 3. The quantitative estimate of drug-likeness (QED) is 0.0992. The zero-order valence-corrected chi connectivity index (χ0v) is 26.5. The van der Waals surface area contributed by atoms with Gasteiger partial charge in [0.05, 0.1) is 0 Å². The summed E-state index contributed by atoms with van der Waals surface area (Å²) < 4.78 is 85.1. The van der Waals surface area contributed by atoms with Crippen LogP contribution in [-0.2, 0) is 23.9 Å². The molecular weight excluding hydrogens is 599 g/mol. The summed E-state index contributed by atoms with van der Waals surface area (Å²) in [6.45, 7) is 9.40. The van der Waals surface area contributed by atoms with Crippen molar-refractivity contribution < 1.29 is 50.5 Å². The van der Waals surface area contributed by atoms with Crippen molar-refractivity contribution in [1.82, 2.24) is 0 Å². The van der Waals surface area contributed by atoms with E-state index in [2.05, 4.69) is 18.6 Å². The topological polar surface area (TPSA) is 78.9 Å². The van der Waals surface area contributed by atoms with Gasteiger partial charge in [0.1, 0.15) is 12.2 Å². The Morgan fingerprint density at radius 3 is 2.04 bits per heavy atom. The third kappa shape index (κ3) is 5.86. The number of fused-ring (bicyclic) bond motifs is 5. The van der Waals surface area contributed by atoms with Crippen molar-refractivity contribution in [2.45, 2.75) is 111 Å². The van der Waals surface area contributed by atoms with Crippen LogP contribution < -0.4 is 4.74 Å². The Morgan fingerprint density at radius 2 is 1.42 bits per heavy atom. The molecule has 0 N–H and O–H groups in total. The fourth-order valence-electron chi connectivity index (χ4n) is 10.2. The number of carbonyl (C=O) groups is 3. The largest absolute Gasteiger partial charge is 0.463 e. The van der Waals surface area contributed by atoms with Crippen molar-refractivity contribution in [3.05, 3.63) is 29.1 Å². The molecule has 0 saturated heterocycles. The number of benzene rings is 1. The van der Waals surface area contributed by atoms with E-state index in [4.69, 9.17) is 9.47 Å². The molecule has 0 unspecified atom stereocenters. The molecule has 10 atom stereocenters. The molecule has 0 aromatic heterocycles. The highest BCUT2D eigenvalue weighted by Crippen LogP contribution is 2.69. The van der Waals surface area contributed by atoms with E-state index in [9.17, 15) is 36.3 Å². The second kappa shape index (κ2) is 12.5. The molecule has 0 aliphatic heterocycles. The fourth-order valence-corrected chi connectivity index (χ4v) is 10.2. The molecule has 5 rings (SSSR count). The summed E-state index contributed by atoms with van der Waals surface area (Å²) in [5.41, 5.74) is -0.327. The Labute approximate surface area is 260 Å². The first-order valence-corrected chi connectivity index (χ1v) is 16.2. The molecule has 0 spiro atoms. The van der Waals surface area contributed by atoms with Gasteiger partial charge in [-0.2, -0.15) is 8.78 Å². The standard InChI is InChI=1S/C34H43F5O6/c1-16(6-11-26(42)45-32-30(38)28(36)27(35)29(37)31(32)39)22-9-10-23-21-8-7-19-14-20(43-17(2)40)12-13-33(19,4)24(21)15-25(34(22,23)5)44-18(3)41/h16,19-25H,6-15H2,1-5H3/t16-,19-,20-,21+,22-,23+,24+,25+,33+,34-/m1/s1. The molecule has 0 amide bonds. The van der Waals surface area contributed by atoms with Crippen LogP contribution in [0.4, 0.5) is 22.0 Å². The van der Waals surface area contributed by atoms with Crippen molar-refractivity contribution in [1.29, 1.82) is 0 Å². The number of esters is 3. The molecule has 6 nitrogen and oxygen atoms in total. The van der Waals surface area contributed by atoms with Gasteiger partial charge in [-0.3, -0.25) is 14.4 Å². The van der Waals surface area contributed by atoms with Gasteiger partial charge in [-0.15, -0.1) is 0 Å². The summed E-state index contributed by atoms with van der Waals surface area (Å²) in [5.74, 6) is -12.9. The van der Waals surface area contributed by atoms with Gasteiger partial charge in [0.25, 0.3) is 0 Å². The lowest BCUT2D eigenvalue weighted by atomic mass is 9.43. The van der Waals surface area contributed by atoms with E-state index in [-0.39, 0.29) is 65.6 Å². The Bertz CT molecular complexity index is 1320. The maximum absolute atomic E-state index is 14.1. The van der Waals surface area contributed by atoms with E-state index in [0.717, 1.165) is 51.4 Å². The van der Waals surface area contributed by atoms with Gasteiger partial charge in [0, 0.05) is 25.7 Å². The van der Waals surface area contributed by atoms with Gasteiger partial charge >= 0.3 is 17.9 Å². The van der Waals surface area contributed by atoms with E-state index in [1.165, 1.54) is 13.8 Å². The molecule has 4 aliphatic carbocycles. The highest BCUT2D eigenvalue weighted by Gasteiger charge is 2.65. The zero-order valence-electron chi connectivity index (χ0n) is 26.5. The summed E-state index contributed by atoms with van der Waals surface area (Å²) in [6, 6.07) is 0. The van der Waals surface area contributed by atoms with Gasteiger partial charge in [-0.05, 0) is 98.7 Å². The molecule has 45 heavy (non-hydrogen) atoms. The van der Waals surface area contributed by atoms with Gasteiger partial charge in [0.2, 0.25) is 34.8 Å².